The fourth-order valence-corrected chi connectivity index (χ4v) is 2.67. The summed E-state index contributed by atoms with van der Waals surface area (Å²) in [7, 11) is 1.78. The van der Waals surface area contributed by atoms with Crippen LogP contribution in [-0.2, 0) is 7.05 Å². The van der Waals surface area contributed by atoms with Crippen LogP contribution in [0.5, 0.6) is 5.75 Å². The molecule has 0 bridgehead atoms. The van der Waals surface area contributed by atoms with E-state index in [0.717, 1.165) is 11.3 Å². The largest absolute Gasteiger partial charge is 0.506 e. The van der Waals surface area contributed by atoms with Gasteiger partial charge in [0.15, 0.2) is 5.69 Å². The van der Waals surface area contributed by atoms with Crippen LogP contribution in [0, 0.1) is 13.8 Å². The van der Waals surface area contributed by atoms with Crippen molar-refractivity contribution in [3.05, 3.63) is 69.1 Å². The lowest BCUT2D eigenvalue weighted by Gasteiger charge is -2.07. The predicted octanol–water partition coefficient (Wildman–Crippen LogP) is 4.57. The van der Waals surface area contributed by atoms with Crippen LogP contribution < -0.4 is 5.56 Å². The molecule has 128 valence electrons. The molecule has 0 aliphatic rings. The van der Waals surface area contributed by atoms with E-state index in [-0.39, 0.29) is 22.7 Å². The van der Waals surface area contributed by atoms with E-state index in [0.29, 0.717) is 10.7 Å². The van der Waals surface area contributed by atoms with Crippen molar-refractivity contribution in [2.45, 2.75) is 13.8 Å². The zero-order chi connectivity index (χ0) is 18.1. The fraction of sp³-hybridized carbons (Fsp3) is 0.167. The average Bonchev–Trinajstić information content (AvgIpc) is 2.80. The Hall–Kier alpha value is -2.86. The molecule has 0 spiro atoms. The Morgan fingerprint density at radius 2 is 1.76 bits per heavy atom. The topological polar surface area (TPSA) is 71.9 Å². The Balaban J connectivity index is 2.08. The van der Waals surface area contributed by atoms with Crippen molar-refractivity contribution in [1.29, 1.82) is 0 Å². The molecular formula is C18H17ClN4O2. The van der Waals surface area contributed by atoms with Gasteiger partial charge in [0.25, 0.3) is 5.56 Å². The zero-order valence-electron chi connectivity index (χ0n) is 14.1. The molecule has 0 radical (unpaired) electrons. The molecule has 7 heteroatoms. The molecule has 0 unspecified atom stereocenters. The smallest absolute Gasteiger partial charge is 0.299 e. The second-order valence-electron chi connectivity index (χ2n) is 5.70. The van der Waals surface area contributed by atoms with Crippen LogP contribution in [0.2, 0.25) is 5.02 Å². The van der Waals surface area contributed by atoms with Crippen molar-refractivity contribution in [3.63, 3.8) is 0 Å². The summed E-state index contributed by atoms with van der Waals surface area (Å²) >= 11 is 6.06. The van der Waals surface area contributed by atoms with E-state index in [4.69, 9.17) is 11.6 Å². The quantitative estimate of drug-likeness (QED) is 0.698. The van der Waals surface area contributed by atoms with Crippen LogP contribution in [0.3, 0.4) is 0 Å². The molecule has 1 heterocycles. The van der Waals surface area contributed by atoms with E-state index in [1.165, 1.54) is 16.8 Å². The Morgan fingerprint density at radius 3 is 2.44 bits per heavy atom. The maximum Gasteiger partial charge on any atom is 0.299 e. The van der Waals surface area contributed by atoms with Gasteiger partial charge < -0.3 is 5.11 Å². The minimum absolute atomic E-state index is 0.0392. The molecule has 0 atom stereocenters. The molecule has 3 aromatic rings. The Morgan fingerprint density at radius 1 is 1.08 bits per heavy atom. The number of rotatable bonds is 3. The number of aryl methyl sites for hydroxylation is 1. The van der Waals surface area contributed by atoms with Crippen LogP contribution in [0.4, 0.5) is 11.4 Å². The summed E-state index contributed by atoms with van der Waals surface area (Å²) in [4.78, 5) is 12.7. The number of azo groups is 1. The summed E-state index contributed by atoms with van der Waals surface area (Å²) < 4.78 is 3.24. The van der Waals surface area contributed by atoms with Crippen molar-refractivity contribution in [2.24, 2.45) is 17.3 Å². The first-order valence-electron chi connectivity index (χ1n) is 7.65. The van der Waals surface area contributed by atoms with Gasteiger partial charge in [0.1, 0.15) is 11.4 Å². The van der Waals surface area contributed by atoms with Gasteiger partial charge in [0, 0.05) is 12.1 Å². The average molecular weight is 357 g/mol. The molecule has 0 aliphatic heterocycles. The minimum atomic E-state index is -0.285. The van der Waals surface area contributed by atoms with Crippen LogP contribution in [0.1, 0.15) is 11.3 Å². The highest BCUT2D eigenvalue weighted by atomic mass is 35.5. The van der Waals surface area contributed by atoms with E-state index in [9.17, 15) is 9.90 Å². The number of aromatic hydroxyl groups is 1. The molecule has 0 aliphatic carbocycles. The molecule has 25 heavy (non-hydrogen) atoms. The number of benzene rings is 2. The molecule has 0 saturated carbocycles. The number of para-hydroxylation sites is 1. The van der Waals surface area contributed by atoms with Crippen molar-refractivity contribution < 1.29 is 5.11 Å². The number of phenolic OH excluding ortho intramolecular Hbond substituents is 1. The molecular weight excluding hydrogens is 340 g/mol. The fourth-order valence-electron chi connectivity index (χ4n) is 2.51. The SMILES string of the molecule is Cc1cc(O)c(N=Nc2c(C)n(C)n(-c3ccccc3)c2=O)cc1Cl. The lowest BCUT2D eigenvalue weighted by molar-refractivity contribution is 0.476. The number of aromatic nitrogens is 2. The van der Waals surface area contributed by atoms with Crippen LogP contribution in [0.25, 0.3) is 5.69 Å². The summed E-state index contributed by atoms with van der Waals surface area (Å²) in [6, 6.07) is 12.3. The Kier molecular flexibility index (Phi) is 4.46. The van der Waals surface area contributed by atoms with Gasteiger partial charge in [-0.05, 0) is 43.7 Å². The minimum Gasteiger partial charge on any atom is -0.506 e. The molecule has 3 rings (SSSR count). The van der Waals surface area contributed by atoms with Crippen molar-refractivity contribution in [2.75, 3.05) is 0 Å². The van der Waals surface area contributed by atoms with Crippen molar-refractivity contribution in [1.82, 2.24) is 9.36 Å². The second kappa shape index (κ2) is 6.57. The summed E-state index contributed by atoms with van der Waals surface area (Å²) in [6.45, 7) is 3.57. The number of hydrogen-bond donors (Lipinski definition) is 1. The molecule has 0 amide bonds. The molecule has 1 N–H and O–H groups in total. The third-order valence-electron chi connectivity index (χ3n) is 4.04. The maximum atomic E-state index is 12.7. The third kappa shape index (κ3) is 3.08. The zero-order valence-corrected chi connectivity index (χ0v) is 14.8. The summed E-state index contributed by atoms with van der Waals surface area (Å²) in [5.74, 6) is -0.0392. The highest BCUT2D eigenvalue weighted by molar-refractivity contribution is 6.31. The van der Waals surface area contributed by atoms with E-state index in [2.05, 4.69) is 10.2 Å². The van der Waals surface area contributed by atoms with Crippen molar-refractivity contribution in [3.8, 4) is 11.4 Å². The number of hydrogen-bond acceptors (Lipinski definition) is 4. The van der Waals surface area contributed by atoms with Gasteiger partial charge >= 0.3 is 0 Å². The van der Waals surface area contributed by atoms with Crippen molar-refractivity contribution >= 4 is 23.0 Å². The lowest BCUT2D eigenvalue weighted by atomic mass is 10.2. The third-order valence-corrected chi connectivity index (χ3v) is 4.44. The van der Waals surface area contributed by atoms with Gasteiger partial charge in [0.2, 0.25) is 0 Å². The van der Waals surface area contributed by atoms with Gasteiger partial charge in [-0.2, -0.15) is 0 Å². The van der Waals surface area contributed by atoms with Gasteiger partial charge in [-0.1, -0.05) is 29.8 Å². The van der Waals surface area contributed by atoms with Gasteiger partial charge in [-0.15, -0.1) is 10.2 Å². The standard InChI is InChI=1S/C18H17ClN4O2/c1-11-9-16(24)15(10-14(11)19)20-21-17-12(2)22(3)23(18(17)25)13-7-5-4-6-8-13/h4-10,24H,1-3H3. The molecule has 6 nitrogen and oxygen atoms in total. The van der Waals surface area contributed by atoms with E-state index >= 15 is 0 Å². The van der Waals surface area contributed by atoms with E-state index < -0.39 is 0 Å². The summed E-state index contributed by atoms with van der Waals surface area (Å²) in [6.07, 6.45) is 0. The van der Waals surface area contributed by atoms with Crippen LogP contribution in [-0.4, -0.2) is 14.5 Å². The maximum absolute atomic E-state index is 12.7. The predicted molar refractivity (Wildman–Crippen MR) is 97.8 cm³/mol. The highest BCUT2D eigenvalue weighted by Crippen LogP contribution is 2.33. The number of nitrogens with zero attached hydrogens (tertiary/aromatic N) is 4. The van der Waals surface area contributed by atoms with Gasteiger partial charge in [-0.3, -0.25) is 9.48 Å². The second-order valence-corrected chi connectivity index (χ2v) is 6.11. The number of halogens is 1. The molecule has 0 fully saturated rings. The van der Waals surface area contributed by atoms with Gasteiger partial charge in [0.05, 0.1) is 11.4 Å². The Bertz CT molecular complexity index is 1020. The monoisotopic (exact) mass is 356 g/mol. The van der Waals surface area contributed by atoms with Crippen LogP contribution >= 0.6 is 11.6 Å². The highest BCUT2D eigenvalue weighted by Gasteiger charge is 2.16. The normalized spacial score (nSPS) is 11.4. The summed E-state index contributed by atoms with van der Waals surface area (Å²) in [5.41, 5.74) is 2.27. The number of phenols is 1. The first-order chi connectivity index (χ1) is 11.9. The van der Waals surface area contributed by atoms with Crippen LogP contribution in [0.15, 0.2) is 57.5 Å². The van der Waals surface area contributed by atoms with E-state index in [1.807, 2.05) is 30.3 Å². The molecule has 1 aromatic heterocycles. The molecule has 2 aromatic carbocycles. The first-order valence-corrected chi connectivity index (χ1v) is 8.03. The van der Waals surface area contributed by atoms with E-state index in [1.54, 1.807) is 25.6 Å². The first kappa shape index (κ1) is 17.0. The lowest BCUT2D eigenvalue weighted by Crippen LogP contribution is -2.19. The molecule has 0 saturated heterocycles. The summed E-state index contributed by atoms with van der Waals surface area (Å²) in [5, 5.41) is 18.5. The Labute approximate surface area is 149 Å². The van der Waals surface area contributed by atoms with Gasteiger partial charge in [-0.25, -0.2) is 4.68 Å².